The van der Waals surface area contributed by atoms with E-state index < -0.39 is 23.0 Å². The molecule has 0 fully saturated rings. The third-order valence-electron chi connectivity index (χ3n) is 3.97. The SMILES string of the molecule is Cc1ccc([C@@H](C)NC(=O)N[C@H](CO)c2ccccc2)cc1[N+](=O)[O-]. The summed E-state index contributed by atoms with van der Waals surface area (Å²) in [6.45, 7) is 3.17. The average Bonchev–Trinajstić information content (AvgIpc) is 2.60. The fourth-order valence-electron chi connectivity index (χ4n) is 2.49. The molecule has 0 aliphatic carbocycles. The van der Waals surface area contributed by atoms with Gasteiger partial charge in [-0.05, 0) is 25.0 Å². The van der Waals surface area contributed by atoms with Crippen LogP contribution in [-0.4, -0.2) is 22.7 Å². The smallest absolute Gasteiger partial charge is 0.315 e. The second kappa shape index (κ2) is 8.25. The Morgan fingerprint density at radius 2 is 1.84 bits per heavy atom. The summed E-state index contributed by atoms with van der Waals surface area (Å²) in [5.74, 6) is 0. The standard InChI is InChI=1S/C18H21N3O4/c1-12-8-9-15(10-17(12)21(24)25)13(2)19-18(23)20-16(11-22)14-6-4-3-5-7-14/h3-10,13,16,22H,11H2,1-2H3,(H2,19,20,23)/t13-,16-/m1/s1. The maximum Gasteiger partial charge on any atom is 0.315 e. The van der Waals surface area contributed by atoms with Gasteiger partial charge in [-0.1, -0.05) is 42.5 Å². The Labute approximate surface area is 145 Å². The first kappa shape index (κ1) is 18.4. The third kappa shape index (κ3) is 4.77. The predicted molar refractivity (Wildman–Crippen MR) is 94.2 cm³/mol. The molecule has 132 valence electrons. The molecule has 0 heterocycles. The molecule has 0 saturated heterocycles. The van der Waals surface area contributed by atoms with E-state index in [1.165, 1.54) is 6.07 Å². The zero-order valence-corrected chi connectivity index (χ0v) is 14.1. The number of aliphatic hydroxyl groups excluding tert-OH is 1. The Balaban J connectivity index is 2.05. The first-order chi connectivity index (χ1) is 11.9. The number of benzene rings is 2. The number of aliphatic hydroxyl groups is 1. The summed E-state index contributed by atoms with van der Waals surface area (Å²) in [4.78, 5) is 22.8. The zero-order chi connectivity index (χ0) is 18.4. The largest absolute Gasteiger partial charge is 0.394 e. The molecule has 0 bridgehead atoms. The van der Waals surface area contributed by atoms with Crippen molar-refractivity contribution in [3.8, 4) is 0 Å². The Hall–Kier alpha value is -2.93. The number of carbonyl (C=O) groups excluding carboxylic acids is 1. The van der Waals surface area contributed by atoms with Crippen molar-refractivity contribution in [2.24, 2.45) is 0 Å². The summed E-state index contributed by atoms with van der Waals surface area (Å²) in [6, 6.07) is 12.6. The molecular formula is C18H21N3O4. The molecule has 2 atom stereocenters. The number of hydrogen-bond donors (Lipinski definition) is 3. The number of nitrogens with zero attached hydrogens (tertiary/aromatic N) is 1. The quantitative estimate of drug-likeness (QED) is 0.554. The fraction of sp³-hybridized carbons (Fsp3) is 0.278. The highest BCUT2D eigenvalue weighted by Crippen LogP contribution is 2.23. The van der Waals surface area contributed by atoms with Gasteiger partial charge in [-0.3, -0.25) is 10.1 Å². The monoisotopic (exact) mass is 343 g/mol. The number of urea groups is 1. The molecule has 0 aromatic heterocycles. The summed E-state index contributed by atoms with van der Waals surface area (Å²) >= 11 is 0. The highest BCUT2D eigenvalue weighted by Gasteiger charge is 2.18. The molecule has 0 spiro atoms. The van der Waals surface area contributed by atoms with Crippen LogP contribution in [-0.2, 0) is 0 Å². The van der Waals surface area contributed by atoms with Gasteiger partial charge in [0.25, 0.3) is 5.69 Å². The van der Waals surface area contributed by atoms with Crippen LogP contribution in [0.1, 0.15) is 35.7 Å². The second-order valence-electron chi connectivity index (χ2n) is 5.79. The highest BCUT2D eigenvalue weighted by atomic mass is 16.6. The molecule has 7 nitrogen and oxygen atoms in total. The van der Waals surface area contributed by atoms with Gasteiger partial charge in [0.05, 0.1) is 23.6 Å². The van der Waals surface area contributed by atoms with Gasteiger partial charge in [-0.15, -0.1) is 0 Å². The van der Waals surface area contributed by atoms with Crippen LogP contribution in [0.3, 0.4) is 0 Å². The number of aryl methyl sites for hydroxylation is 1. The van der Waals surface area contributed by atoms with Crippen LogP contribution in [0, 0.1) is 17.0 Å². The van der Waals surface area contributed by atoms with E-state index in [2.05, 4.69) is 10.6 Å². The zero-order valence-electron chi connectivity index (χ0n) is 14.1. The van der Waals surface area contributed by atoms with E-state index in [0.29, 0.717) is 11.1 Å². The van der Waals surface area contributed by atoms with E-state index in [9.17, 15) is 20.0 Å². The van der Waals surface area contributed by atoms with Gasteiger partial charge in [0.15, 0.2) is 0 Å². The lowest BCUT2D eigenvalue weighted by Crippen LogP contribution is -2.40. The van der Waals surface area contributed by atoms with Crippen LogP contribution in [0.4, 0.5) is 10.5 Å². The molecule has 0 aliphatic rings. The summed E-state index contributed by atoms with van der Waals surface area (Å²) in [5, 5.41) is 26.0. The summed E-state index contributed by atoms with van der Waals surface area (Å²) < 4.78 is 0. The van der Waals surface area contributed by atoms with Crippen LogP contribution in [0.15, 0.2) is 48.5 Å². The van der Waals surface area contributed by atoms with Crippen molar-refractivity contribution in [1.29, 1.82) is 0 Å². The van der Waals surface area contributed by atoms with Gasteiger partial charge in [0.2, 0.25) is 0 Å². The van der Waals surface area contributed by atoms with Crippen molar-refractivity contribution in [3.63, 3.8) is 0 Å². The van der Waals surface area contributed by atoms with Crippen molar-refractivity contribution in [2.75, 3.05) is 6.61 Å². The molecule has 7 heteroatoms. The number of amides is 2. The fourth-order valence-corrected chi connectivity index (χ4v) is 2.49. The Morgan fingerprint density at radius 1 is 1.16 bits per heavy atom. The molecular weight excluding hydrogens is 322 g/mol. The van der Waals surface area contributed by atoms with Crippen LogP contribution in [0.2, 0.25) is 0 Å². The predicted octanol–water partition coefficient (Wildman–Crippen LogP) is 3.00. The van der Waals surface area contributed by atoms with Gasteiger partial charge in [0.1, 0.15) is 0 Å². The average molecular weight is 343 g/mol. The van der Waals surface area contributed by atoms with E-state index in [4.69, 9.17) is 0 Å². The number of nitro benzene ring substituents is 1. The van der Waals surface area contributed by atoms with Crippen LogP contribution in [0.5, 0.6) is 0 Å². The molecule has 2 aromatic carbocycles. The number of carbonyl (C=O) groups is 1. The highest BCUT2D eigenvalue weighted by molar-refractivity contribution is 5.75. The maximum absolute atomic E-state index is 12.2. The molecule has 2 rings (SSSR count). The topological polar surface area (TPSA) is 104 Å². The number of nitro groups is 1. The van der Waals surface area contributed by atoms with E-state index in [-0.39, 0.29) is 12.3 Å². The molecule has 25 heavy (non-hydrogen) atoms. The lowest BCUT2D eigenvalue weighted by molar-refractivity contribution is -0.385. The lowest BCUT2D eigenvalue weighted by Gasteiger charge is -2.20. The van der Waals surface area contributed by atoms with Crippen molar-refractivity contribution >= 4 is 11.7 Å². The molecule has 2 aromatic rings. The van der Waals surface area contributed by atoms with Gasteiger partial charge in [0, 0.05) is 11.6 Å². The molecule has 0 radical (unpaired) electrons. The summed E-state index contributed by atoms with van der Waals surface area (Å²) in [5.41, 5.74) is 2.00. The van der Waals surface area contributed by atoms with Crippen LogP contribution < -0.4 is 10.6 Å². The lowest BCUT2D eigenvalue weighted by atomic mass is 10.0. The molecule has 0 aliphatic heterocycles. The Morgan fingerprint density at radius 3 is 2.44 bits per heavy atom. The minimum Gasteiger partial charge on any atom is -0.394 e. The van der Waals surface area contributed by atoms with Crippen molar-refractivity contribution < 1.29 is 14.8 Å². The van der Waals surface area contributed by atoms with Crippen LogP contribution >= 0.6 is 0 Å². The Bertz CT molecular complexity index is 749. The second-order valence-corrected chi connectivity index (χ2v) is 5.79. The number of rotatable bonds is 6. The van der Waals surface area contributed by atoms with Crippen LogP contribution in [0.25, 0.3) is 0 Å². The van der Waals surface area contributed by atoms with E-state index in [0.717, 1.165) is 5.56 Å². The van der Waals surface area contributed by atoms with Crippen molar-refractivity contribution in [1.82, 2.24) is 10.6 Å². The van der Waals surface area contributed by atoms with Gasteiger partial charge < -0.3 is 15.7 Å². The molecule has 2 amide bonds. The summed E-state index contributed by atoms with van der Waals surface area (Å²) in [6.07, 6.45) is 0. The molecule has 0 saturated carbocycles. The third-order valence-corrected chi connectivity index (χ3v) is 3.97. The van der Waals surface area contributed by atoms with Gasteiger partial charge >= 0.3 is 6.03 Å². The van der Waals surface area contributed by atoms with Crippen molar-refractivity contribution in [2.45, 2.75) is 25.9 Å². The minimum absolute atomic E-state index is 0.0177. The molecule has 3 N–H and O–H groups in total. The number of hydrogen-bond acceptors (Lipinski definition) is 4. The van der Waals surface area contributed by atoms with Gasteiger partial charge in [-0.2, -0.15) is 0 Å². The first-order valence-electron chi connectivity index (χ1n) is 7.90. The van der Waals surface area contributed by atoms with E-state index in [1.807, 2.05) is 30.3 Å². The van der Waals surface area contributed by atoms with E-state index in [1.54, 1.807) is 26.0 Å². The number of nitrogens with one attached hydrogen (secondary N) is 2. The first-order valence-corrected chi connectivity index (χ1v) is 7.90. The Kier molecular flexibility index (Phi) is 6.08. The van der Waals surface area contributed by atoms with Gasteiger partial charge in [-0.25, -0.2) is 4.79 Å². The maximum atomic E-state index is 12.2. The summed E-state index contributed by atoms with van der Waals surface area (Å²) in [7, 11) is 0. The normalized spacial score (nSPS) is 12.9. The van der Waals surface area contributed by atoms with E-state index >= 15 is 0 Å². The van der Waals surface area contributed by atoms with Crippen molar-refractivity contribution in [3.05, 3.63) is 75.3 Å². The molecule has 0 unspecified atom stereocenters. The minimum atomic E-state index is -0.527.